The van der Waals surface area contributed by atoms with Crippen molar-refractivity contribution in [3.8, 4) is 0 Å². The van der Waals surface area contributed by atoms with Crippen molar-refractivity contribution in [3.63, 3.8) is 0 Å². The number of piperidine rings is 2. The molecular weight excluding hydrogens is 867 g/mol. The third kappa shape index (κ3) is 11.8. The van der Waals surface area contributed by atoms with Crippen molar-refractivity contribution in [2.75, 3.05) is 26.2 Å². The molecule has 0 radical (unpaired) electrons. The molecular formula is C43H49Cl3N6O6S2. The quantitative estimate of drug-likeness (QED) is 0.142. The lowest BCUT2D eigenvalue weighted by molar-refractivity contribution is 0.0204. The van der Waals surface area contributed by atoms with Gasteiger partial charge in [-0.3, -0.25) is 9.59 Å². The highest BCUT2D eigenvalue weighted by Gasteiger charge is 2.30. The van der Waals surface area contributed by atoms with Gasteiger partial charge < -0.3 is 23.8 Å². The number of aryl methyl sites for hydroxylation is 4. The van der Waals surface area contributed by atoms with Crippen LogP contribution in [0.3, 0.4) is 0 Å². The van der Waals surface area contributed by atoms with Crippen molar-refractivity contribution >= 4 is 76.2 Å². The van der Waals surface area contributed by atoms with E-state index in [9.17, 15) is 14.4 Å². The molecule has 0 unspecified atom stereocenters. The van der Waals surface area contributed by atoms with Crippen molar-refractivity contribution < 1.29 is 28.0 Å². The maximum atomic E-state index is 13.1. The number of nitrogens with zero attached hydrogens (tertiary/aromatic N) is 5. The average molecular weight is 916 g/mol. The van der Waals surface area contributed by atoms with E-state index in [-0.39, 0.29) is 36.2 Å². The molecule has 1 N–H and O–H groups in total. The summed E-state index contributed by atoms with van der Waals surface area (Å²) in [4.78, 5) is 42.4. The molecule has 60 heavy (non-hydrogen) atoms. The Kier molecular flexibility index (Phi) is 15.6. The summed E-state index contributed by atoms with van der Waals surface area (Å²) in [7, 11) is 0. The number of aromatic nitrogens is 4. The zero-order valence-corrected chi connectivity index (χ0v) is 37.7. The van der Waals surface area contributed by atoms with Crippen molar-refractivity contribution in [3.05, 3.63) is 126 Å². The number of carbonyl (C=O) groups is 3. The second kappa shape index (κ2) is 20.6. The van der Waals surface area contributed by atoms with Gasteiger partial charge in [-0.2, -0.15) is 10.2 Å². The molecule has 0 spiro atoms. The third-order valence-electron chi connectivity index (χ3n) is 10.4. The number of halogens is 3. The van der Waals surface area contributed by atoms with Crippen LogP contribution in [-0.4, -0.2) is 74.1 Å². The molecule has 6 aromatic heterocycles. The summed E-state index contributed by atoms with van der Waals surface area (Å²) in [6, 6.07) is 15.3. The number of amides is 1. The summed E-state index contributed by atoms with van der Waals surface area (Å²) >= 11 is 15.2. The predicted molar refractivity (Wildman–Crippen MR) is 237 cm³/mol. The van der Waals surface area contributed by atoms with Crippen LogP contribution in [0.2, 0.25) is 8.67 Å². The first-order valence-corrected chi connectivity index (χ1v) is 22.3. The maximum Gasteiger partial charge on any atom is 0.410 e. The number of ether oxygens (including phenoxy) is 1. The lowest BCUT2D eigenvalue weighted by Crippen LogP contribution is -2.41. The first kappa shape index (κ1) is 45.3. The summed E-state index contributed by atoms with van der Waals surface area (Å²) in [6.07, 6.45) is 12.3. The van der Waals surface area contributed by atoms with Crippen molar-refractivity contribution in [2.45, 2.75) is 89.6 Å². The first-order valence-electron chi connectivity index (χ1n) is 19.9. The number of hydrogen-bond donors (Lipinski definition) is 1. The van der Waals surface area contributed by atoms with E-state index >= 15 is 0 Å². The number of nitrogens with one attached hydrogen (secondary N) is 1. The average Bonchev–Trinajstić information content (AvgIpc) is 4.09. The molecule has 8 heterocycles. The van der Waals surface area contributed by atoms with E-state index in [1.807, 2.05) is 51.1 Å². The fourth-order valence-electron chi connectivity index (χ4n) is 7.28. The minimum Gasteiger partial charge on any atom is -0.472 e. The lowest BCUT2D eigenvalue weighted by Gasteiger charge is -2.32. The largest absolute Gasteiger partial charge is 0.472 e. The van der Waals surface area contributed by atoms with Gasteiger partial charge >= 0.3 is 6.09 Å². The fourth-order valence-corrected chi connectivity index (χ4v) is 9.46. The zero-order valence-electron chi connectivity index (χ0n) is 33.7. The van der Waals surface area contributed by atoms with Gasteiger partial charge in [-0.15, -0.1) is 35.1 Å². The van der Waals surface area contributed by atoms with E-state index in [1.165, 1.54) is 34.6 Å². The van der Waals surface area contributed by atoms with Crippen molar-refractivity contribution in [1.29, 1.82) is 0 Å². The Morgan fingerprint density at radius 3 is 1.60 bits per heavy atom. The number of hydrogen-bond acceptors (Lipinski definition) is 11. The smallest absolute Gasteiger partial charge is 0.410 e. The Morgan fingerprint density at radius 1 is 0.733 bits per heavy atom. The van der Waals surface area contributed by atoms with Crippen LogP contribution in [0, 0.1) is 0 Å². The summed E-state index contributed by atoms with van der Waals surface area (Å²) in [5.74, 6) is 0.236. The van der Waals surface area contributed by atoms with Gasteiger partial charge in [0.2, 0.25) is 0 Å². The van der Waals surface area contributed by atoms with Gasteiger partial charge in [0.1, 0.15) is 18.1 Å². The molecule has 0 bridgehead atoms. The normalized spacial score (nSPS) is 15.0. The highest BCUT2D eigenvalue weighted by molar-refractivity contribution is 7.16. The Morgan fingerprint density at radius 2 is 1.20 bits per heavy atom. The Bertz CT molecular complexity index is 2310. The molecule has 2 saturated heterocycles. The number of thiophene rings is 2. The minimum atomic E-state index is -0.512. The molecule has 2 aliphatic heterocycles. The molecule has 0 aromatic carbocycles. The summed E-state index contributed by atoms with van der Waals surface area (Å²) in [5, 5.41) is 12.8. The minimum absolute atomic E-state index is 0. The second-order valence-corrected chi connectivity index (χ2v) is 19.4. The van der Waals surface area contributed by atoms with Crippen LogP contribution in [0.5, 0.6) is 0 Å². The van der Waals surface area contributed by atoms with Gasteiger partial charge in [-0.1, -0.05) is 23.2 Å². The van der Waals surface area contributed by atoms with E-state index < -0.39 is 5.60 Å². The Labute approximate surface area is 373 Å². The molecule has 0 atom stereocenters. The molecule has 17 heteroatoms. The Balaban J connectivity index is 0.000000203. The molecule has 2 aliphatic rings. The first-order chi connectivity index (χ1) is 28.4. The van der Waals surface area contributed by atoms with Crippen LogP contribution in [0.4, 0.5) is 4.79 Å². The van der Waals surface area contributed by atoms with E-state index in [2.05, 4.69) is 16.5 Å². The van der Waals surface area contributed by atoms with Gasteiger partial charge in [-0.05, 0) is 134 Å². The van der Waals surface area contributed by atoms with E-state index in [0.29, 0.717) is 36.6 Å². The summed E-state index contributed by atoms with van der Waals surface area (Å²) in [6.45, 7) is 8.80. The van der Waals surface area contributed by atoms with E-state index in [4.69, 9.17) is 41.9 Å². The van der Waals surface area contributed by atoms with Gasteiger partial charge in [0.15, 0.2) is 0 Å². The van der Waals surface area contributed by atoms with Gasteiger partial charge in [0, 0.05) is 46.1 Å². The monoisotopic (exact) mass is 914 g/mol. The van der Waals surface area contributed by atoms with Crippen LogP contribution in [-0.2, 0) is 30.4 Å². The number of carbonyl (C=O) groups excluding carboxylic acids is 3. The number of furan rings is 2. The van der Waals surface area contributed by atoms with Crippen LogP contribution in [0.15, 0.2) is 82.4 Å². The third-order valence-corrected chi connectivity index (χ3v) is 12.9. The molecule has 8 rings (SSSR count). The highest BCUT2D eigenvalue weighted by atomic mass is 35.5. The van der Waals surface area contributed by atoms with Crippen molar-refractivity contribution in [2.24, 2.45) is 0 Å². The fraction of sp³-hybridized carbons (Fsp3) is 0.419. The molecule has 2 fully saturated rings. The van der Waals surface area contributed by atoms with Gasteiger partial charge in [0.05, 0.1) is 43.7 Å². The van der Waals surface area contributed by atoms with Crippen LogP contribution in [0.1, 0.15) is 112 Å². The zero-order chi connectivity index (χ0) is 41.5. The molecule has 320 valence electrons. The molecule has 12 nitrogen and oxygen atoms in total. The summed E-state index contributed by atoms with van der Waals surface area (Å²) in [5.41, 5.74) is 4.17. The lowest BCUT2D eigenvalue weighted by atomic mass is 9.93. The second-order valence-electron chi connectivity index (χ2n) is 15.8. The summed E-state index contributed by atoms with van der Waals surface area (Å²) < 4.78 is 20.3. The van der Waals surface area contributed by atoms with E-state index in [0.717, 1.165) is 94.4 Å². The van der Waals surface area contributed by atoms with Crippen LogP contribution >= 0.6 is 58.3 Å². The maximum absolute atomic E-state index is 13.1. The van der Waals surface area contributed by atoms with Gasteiger partial charge in [-0.25, -0.2) is 14.2 Å². The topological polar surface area (TPSA) is 138 Å². The van der Waals surface area contributed by atoms with Crippen LogP contribution < -0.4 is 5.32 Å². The highest BCUT2D eigenvalue weighted by Crippen LogP contribution is 2.31. The van der Waals surface area contributed by atoms with Crippen molar-refractivity contribution in [1.82, 2.24) is 29.8 Å². The molecule has 0 aliphatic carbocycles. The molecule has 6 aromatic rings. The van der Waals surface area contributed by atoms with Crippen LogP contribution in [0.25, 0.3) is 0 Å². The number of likely N-dealkylation sites (tertiary alicyclic amines) is 1. The Hall–Kier alpha value is -4.18. The van der Waals surface area contributed by atoms with Gasteiger partial charge in [0.25, 0.3) is 11.8 Å². The van der Waals surface area contributed by atoms with E-state index in [1.54, 1.807) is 44.4 Å². The number of rotatable bonds is 10. The SMILES string of the molecule is CC(C)(C)OC(=O)N1CCC(c2cc(CCc3ccc(Cl)s3)n(C(=O)c3ccoc3)n2)CC1.Cl.O=C(c1ccoc1)n1nc(C2CCNCC2)cc1CCc1ccc(Cl)s1. The molecule has 0 saturated carbocycles. The molecule has 1 amide bonds. The standard InChI is InChI=1S/C24H28ClN3O4S.C19H20ClN3O2S.ClH/c1-24(2,3)32-23(30)27-11-8-16(9-12-27)20-14-18(4-5-19-6-7-21(25)33-19)28(26-20)22(29)17-10-13-31-15-17;20-18-4-3-16(26-18)2-1-15-11-17(13-5-8-21-9-6-13)22-23(15)19(24)14-7-10-25-12-14;/h6-7,10,13-16H,4-5,8-9,11-12H2,1-3H3;3-4,7,10-13,21H,1-2,5-6,8-9H2;1H. The predicted octanol–water partition coefficient (Wildman–Crippen LogP) is 10.3.